The van der Waals surface area contributed by atoms with E-state index >= 15 is 0 Å². The molecular weight excluding hydrogens is 176 g/mol. The van der Waals surface area contributed by atoms with Crippen molar-refractivity contribution in [1.29, 1.82) is 5.41 Å². The van der Waals surface area contributed by atoms with E-state index in [4.69, 9.17) is 11.1 Å². The molecule has 2 unspecified atom stereocenters. The van der Waals surface area contributed by atoms with Crippen molar-refractivity contribution < 1.29 is 0 Å². The molecule has 0 radical (unpaired) electrons. The molecule has 1 rings (SSSR count). The van der Waals surface area contributed by atoms with Gasteiger partial charge in [-0.15, -0.1) is 0 Å². The molecule has 82 valence electrons. The zero-order chi connectivity index (χ0) is 10.7. The first kappa shape index (κ1) is 11.5. The van der Waals surface area contributed by atoms with Crippen LogP contribution in [0.5, 0.6) is 0 Å². The Labute approximate surface area is 86.6 Å². The third-order valence-electron chi connectivity index (χ3n) is 3.28. The maximum Gasteiger partial charge on any atom is 0.108 e. The van der Waals surface area contributed by atoms with Crippen LogP contribution in [0.2, 0.25) is 0 Å². The summed E-state index contributed by atoms with van der Waals surface area (Å²) >= 11 is 0. The van der Waals surface area contributed by atoms with E-state index in [1.165, 1.54) is 0 Å². The summed E-state index contributed by atoms with van der Waals surface area (Å²) in [5, 5.41) is 7.43. The standard InChI is InChI=1S/C10H22N4/c1-4-9-7-14(6-5-13(9)3)8(2)10(11)12/h8-9H,4-7H2,1-3H3,(H3,11,12). The van der Waals surface area contributed by atoms with E-state index in [-0.39, 0.29) is 11.9 Å². The third-order valence-corrected chi connectivity index (χ3v) is 3.28. The largest absolute Gasteiger partial charge is 0.386 e. The number of nitrogens with zero attached hydrogens (tertiary/aromatic N) is 2. The number of nitrogens with one attached hydrogen (secondary N) is 1. The molecular formula is C10H22N4. The second kappa shape index (κ2) is 4.75. The molecule has 1 aliphatic heterocycles. The minimum Gasteiger partial charge on any atom is -0.386 e. The number of piperazine rings is 1. The van der Waals surface area contributed by atoms with E-state index in [0.29, 0.717) is 6.04 Å². The molecule has 4 nitrogen and oxygen atoms in total. The smallest absolute Gasteiger partial charge is 0.108 e. The van der Waals surface area contributed by atoms with Gasteiger partial charge in [0.05, 0.1) is 6.04 Å². The zero-order valence-corrected chi connectivity index (χ0v) is 9.45. The lowest BCUT2D eigenvalue weighted by molar-refractivity contribution is 0.0841. The molecule has 0 aromatic carbocycles. The molecule has 0 aromatic rings. The van der Waals surface area contributed by atoms with Crippen LogP contribution in [0.4, 0.5) is 0 Å². The normalized spacial score (nSPS) is 27.5. The number of hydrogen-bond donors (Lipinski definition) is 2. The number of hydrogen-bond acceptors (Lipinski definition) is 3. The summed E-state index contributed by atoms with van der Waals surface area (Å²) in [6.07, 6.45) is 1.16. The monoisotopic (exact) mass is 198 g/mol. The van der Waals surface area contributed by atoms with Gasteiger partial charge in [-0.25, -0.2) is 0 Å². The van der Waals surface area contributed by atoms with Crippen molar-refractivity contribution in [3.05, 3.63) is 0 Å². The molecule has 0 aliphatic carbocycles. The van der Waals surface area contributed by atoms with Crippen LogP contribution in [0, 0.1) is 5.41 Å². The third kappa shape index (κ3) is 2.45. The number of nitrogens with two attached hydrogens (primary N) is 1. The molecule has 2 atom stereocenters. The highest BCUT2D eigenvalue weighted by molar-refractivity contribution is 5.82. The molecule has 1 aliphatic rings. The minimum atomic E-state index is 0.0951. The number of amidine groups is 1. The molecule has 0 amide bonds. The van der Waals surface area contributed by atoms with E-state index in [1.807, 2.05) is 6.92 Å². The Balaban J connectivity index is 2.54. The number of likely N-dealkylation sites (N-methyl/N-ethyl adjacent to an activating group) is 1. The summed E-state index contributed by atoms with van der Waals surface area (Å²) in [5.74, 6) is 0.282. The molecule has 0 saturated carbocycles. The van der Waals surface area contributed by atoms with Crippen LogP contribution in [0.25, 0.3) is 0 Å². The molecule has 1 fully saturated rings. The highest BCUT2D eigenvalue weighted by atomic mass is 15.3. The summed E-state index contributed by atoms with van der Waals surface area (Å²) in [6, 6.07) is 0.711. The molecule has 0 aromatic heterocycles. The number of rotatable bonds is 3. The van der Waals surface area contributed by atoms with Gasteiger partial charge in [0.25, 0.3) is 0 Å². The average molecular weight is 198 g/mol. The predicted molar refractivity (Wildman–Crippen MR) is 59.7 cm³/mol. The SMILES string of the molecule is CCC1CN(C(C)C(=N)N)CCN1C. The van der Waals surface area contributed by atoms with Crippen molar-refractivity contribution in [2.24, 2.45) is 5.73 Å². The maximum absolute atomic E-state index is 7.43. The van der Waals surface area contributed by atoms with Gasteiger partial charge in [0.15, 0.2) is 0 Å². The van der Waals surface area contributed by atoms with Gasteiger partial charge < -0.3 is 10.6 Å². The molecule has 3 N–H and O–H groups in total. The molecule has 1 heterocycles. The van der Waals surface area contributed by atoms with Gasteiger partial charge in [-0.1, -0.05) is 6.92 Å². The van der Waals surface area contributed by atoms with Gasteiger partial charge in [0.2, 0.25) is 0 Å². The van der Waals surface area contributed by atoms with E-state index in [1.54, 1.807) is 0 Å². The summed E-state index contributed by atoms with van der Waals surface area (Å²) in [4.78, 5) is 4.69. The second-order valence-electron chi connectivity index (χ2n) is 4.17. The summed E-state index contributed by atoms with van der Waals surface area (Å²) in [6.45, 7) is 7.36. The molecule has 0 spiro atoms. The summed E-state index contributed by atoms with van der Waals surface area (Å²) in [7, 11) is 2.17. The van der Waals surface area contributed by atoms with Crippen molar-refractivity contribution in [3.8, 4) is 0 Å². The van der Waals surface area contributed by atoms with E-state index < -0.39 is 0 Å². The first-order valence-corrected chi connectivity index (χ1v) is 5.34. The Morgan fingerprint density at radius 2 is 2.21 bits per heavy atom. The van der Waals surface area contributed by atoms with Crippen molar-refractivity contribution in [1.82, 2.24) is 9.80 Å². The van der Waals surface area contributed by atoms with Crippen molar-refractivity contribution in [2.75, 3.05) is 26.7 Å². The second-order valence-corrected chi connectivity index (χ2v) is 4.17. The van der Waals surface area contributed by atoms with Crippen LogP contribution in [0.15, 0.2) is 0 Å². The van der Waals surface area contributed by atoms with Crippen LogP contribution in [0.3, 0.4) is 0 Å². The highest BCUT2D eigenvalue weighted by Crippen LogP contribution is 2.12. The van der Waals surface area contributed by atoms with Crippen LogP contribution >= 0.6 is 0 Å². The Hall–Kier alpha value is -0.610. The van der Waals surface area contributed by atoms with E-state index in [9.17, 15) is 0 Å². The Morgan fingerprint density at radius 1 is 1.57 bits per heavy atom. The van der Waals surface area contributed by atoms with Gasteiger partial charge in [0, 0.05) is 25.7 Å². The zero-order valence-electron chi connectivity index (χ0n) is 9.45. The summed E-state index contributed by atoms with van der Waals surface area (Å²) in [5.41, 5.74) is 5.52. The van der Waals surface area contributed by atoms with Crippen LogP contribution in [-0.4, -0.2) is 54.4 Å². The summed E-state index contributed by atoms with van der Waals surface area (Å²) < 4.78 is 0. The highest BCUT2D eigenvalue weighted by Gasteiger charge is 2.26. The maximum atomic E-state index is 7.43. The quantitative estimate of drug-likeness (QED) is 0.508. The Morgan fingerprint density at radius 3 is 2.71 bits per heavy atom. The lowest BCUT2D eigenvalue weighted by Crippen LogP contribution is -2.56. The van der Waals surface area contributed by atoms with Gasteiger partial charge in [-0.05, 0) is 20.4 Å². The van der Waals surface area contributed by atoms with Crippen LogP contribution in [-0.2, 0) is 0 Å². The topological polar surface area (TPSA) is 56.4 Å². The molecule has 14 heavy (non-hydrogen) atoms. The van der Waals surface area contributed by atoms with E-state index in [0.717, 1.165) is 26.1 Å². The van der Waals surface area contributed by atoms with Gasteiger partial charge in [-0.2, -0.15) is 0 Å². The Bertz CT molecular complexity index is 204. The van der Waals surface area contributed by atoms with Crippen LogP contribution < -0.4 is 5.73 Å². The Kier molecular flexibility index (Phi) is 3.89. The molecule has 1 saturated heterocycles. The van der Waals surface area contributed by atoms with E-state index in [2.05, 4.69) is 23.8 Å². The first-order valence-electron chi connectivity index (χ1n) is 5.34. The minimum absolute atomic E-state index is 0.0951. The van der Waals surface area contributed by atoms with Gasteiger partial charge >= 0.3 is 0 Å². The fourth-order valence-corrected chi connectivity index (χ4v) is 1.96. The fourth-order valence-electron chi connectivity index (χ4n) is 1.96. The lowest BCUT2D eigenvalue weighted by Gasteiger charge is -2.41. The van der Waals surface area contributed by atoms with Gasteiger partial charge in [-0.3, -0.25) is 10.3 Å². The van der Waals surface area contributed by atoms with Crippen molar-refractivity contribution in [3.63, 3.8) is 0 Å². The lowest BCUT2D eigenvalue weighted by atomic mass is 10.1. The van der Waals surface area contributed by atoms with Crippen LogP contribution in [0.1, 0.15) is 20.3 Å². The van der Waals surface area contributed by atoms with Crippen molar-refractivity contribution in [2.45, 2.75) is 32.4 Å². The molecule has 4 heteroatoms. The fraction of sp³-hybridized carbons (Fsp3) is 0.900. The van der Waals surface area contributed by atoms with Gasteiger partial charge in [0.1, 0.15) is 5.84 Å². The first-order chi connectivity index (χ1) is 6.56. The predicted octanol–water partition coefficient (Wildman–Crippen LogP) is 0.337. The van der Waals surface area contributed by atoms with Crippen molar-refractivity contribution >= 4 is 5.84 Å². The molecule has 0 bridgehead atoms. The average Bonchev–Trinajstić information content (AvgIpc) is 2.17.